The molecule has 0 spiro atoms. The summed E-state index contributed by atoms with van der Waals surface area (Å²) in [6.45, 7) is 0. The van der Waals surface area contributed by atoms with E-state index in [-0.39, 0.29) is 24.3 Å². The number of carboxylic acids is 1. The van der Waals surface area contributed by atoms with Crippen LogP contribution in [0.15, 0.2) is 0 Å². The summed E-state index contributed by atoms with van der Waals surface area (Å²) in [7, 11) is 0. The van der Waals surface area contributed by atoms with Gasteiger partial charge >= 0.3 is 5.97 Å². The van der Waals surface area contributed by atoms with Crippen molar-refractivity contribution < 1.29 is 19.5 Å². The van der Waals surface area contributed by atoms with E-state index < -0.39 is 12.0 Å². The molecule has 1 fully saturated rings. The van der Waals surface area contributed by atoms with Crippen LogP contribution in [0.5, 0.6) is 0 Å². The number of rotatable bonds is 8. The number of aliphatic carboxylic acids is 1. The lowest BCUT2D eigenvalue weighted by Crippen LogP contribution is -2.41. The number of hydrogen-bond donors (Lipinski definition) is 3. The van der Waals surface area contributed by atoms with Crippen molar-refractivity contribution in [3.8, 4) is 0 Å². The molecule has 1 unspecified atom stereocenters. The van der Waals surface area contributed by atoms with Gasteiger partial charge in [-0.2, -0.15) is 11.8 Å². The summed E-state index contributed by atoms with van der Waals surface area (Å²) < 4.78 is 0. The molecule has 1 rings (SSSR count). The molecule has 6 nitrogen and oxygen atoms in total. The highest BCUT2D eigenvalue weighted by Gasteiger charge is 2.23. The first-order valence-corrected chi connectivity index (χ1v) is 7.72. The zero-order chi connectivity index (χ0) is 14.3. The zero-order valence-corrected chi connectivity index (χ0v) is 11.8. The van der Waals surface area contributed by atoms with Gasteiger partial charge in [-0.1, -0.05) is 0 Å². The van der Waals surface area contributed by atoms with Crippen LogP contribution in [0.3, 0.4) is 0 Å². The number of nitrogens with one attached hydrogen (secondary N) is 2. The molecule has 2 amide bonds. The molecule has 1 aliphatic heterocycles. The molecule has 0 bridgehead atoms. The zero-order valence-electron chi connectivity index (χ0n) is 11.0. The van der Waals surface area contributed by atoms with Crippen molar-refractivity contribution >= 4 is 29.5 Å². The van der Waals surface area contributed by atoms with Crippen molar-refractivity contribution in [1.29, 1.82) is 0 Å². The van der Waals surface area contributed by atoms with E-state index in [1.807, 2.05) is 6.26 Å². The van der Waals surface area contributed by atoms with Crippen LogP contribution in [0.2, 0.25) is 0 Å². The van der Waals surface area contributed by atoms with Crippen molar-refractivity contribution in [1.82, 2.24) is 10.6 Å². The summed E-state index contributed by atoms with van der Waals surface area (Å²) >= 11 is 1.55. The molecule has 0 saturated carbocycles. The molecule has 0 aliphatic carbocycles. The van der Waals surface area contributed by atoms with E-state index in [0.717, 1.165) is 6.42 Å². The van der Waals surface area contributed by atoms with Crippen LogP contribution in [0.4, 0.5) is 0 Å². The highest BCUT2D eigenvalue weighted by Crippen LogP contribution is 2.12. The number of amides is 2. The number of hydrogen-bond acceptors (Lipinski definition) is 4. The first-order chi connectivity index (χ1) is 9.02. The van der Waals surface area contributed by atoms with E-state index >= 15 is 0 Å². The molecular formula is C12H20N2O4S. The molecular weight excluding hydrogens is 268 g/mol. The molecule has 1 aliphatic rings. The fourth-order valence-corrected chi connectivity index (χ4v) is 2.43. The topological polar surface area (TPSA) is 95.5 Å². The second-order valence-corrected chi connectivity index (χ2v) is 5.57. The highest BCUT2D eigenvalue weighted by atomic mass is 32.2. The SMILES string of the molecule is CSCC[C@H](NC(=O)CCC1CCC(=O)N1)C(=O)O. The quantitative estimate of drug-likeness (QED) is 0.599. The van der Waals surface area contributed by atoms with Gasteiger partial charge in [-0.3, -0.25) is 9.59 Å². The Hall–Kier alpha value is -1.24. The Kier molecular flexibility index (Phi) is 6.69. The van der Waals surface area contributed by atoms with E-state index in [2.05, 4.69) is 10.6 Å². The Bertz CT molecular complexity index is 349. The number of carbonyl (C=O) groups excluding carboxylic acids is 2. The molecule has 0 aromatic rings. The van der Waals surface area contributed by atoms with Crippen LogP contribution in [0, 0.1) is 0 Å². The Balaban J connectivity index is 2.27. The summed E-state index contributed by atoms with van der Waals surface area (Å²) in [6.07, 6.45) is 4.38. The lowest BCUT2D eigenvalue weighted by molar-refractivity contribution is -0.141. The van der Waals surface area contributed by atoms with Gasteiger partial charge in [-0.05, 0) is 31.3 Å². The molecule has 0 aromatic heterocycles. The van der Waals surface area contributed by atoms with E-state index in [0.29, 0.717) is 25.0 Å². The Morgan fingerprint density at radius 1 is 1.58 bits per heavy atom. The fraction of sp³-hybridized carbons (Fsp3) is 0.750. The van der Waals surface area contributed by atoms with Gasteiger partial charge in [0.05, 0.1) is 0 Å². The average Bonchev–Trinajstić information content (AvgIpc) is 2.77. The summed E-state index contributed by atoms with van der Waals surface area (Å²) in [5.41, 5.74) is 0. The lowest BCUT2D eigenvalue weighted by atomic mass is 10.1. The third-order valence-corrected chi connectivity index (χ3v) is 3.69. The van der Waals surface area contributed by atoms with Crippen LogP contribution >= 0.6 is 11.8 Å². The maximum atomic E-state index is 11.7. The van der Waals surface area contributed by atoms with Gasteiger partial charge in [0, 0.05) is 18.9 Å². The molecule has 19 heavy (non-hydrogen) atoms. The van der Waals surface area contributed by atoms with Crippen molar-refractivity contribution in [2.24, 2.45) is 0 Å². The molecule has 1 heterocycles. The third kappa shape index (κ3) is 5.96. The number of carboxylic acid groups (broad SMARTS) is 1. The molecule has 3 N–H and O–H groups in total. The number of thioether (sulfide) groups is 1. The van der Waals surface area contributed by atoms with Gasteiger partial charge in [0.2, 0.25) is 11.8 Å². The predicted molar refractivity (Wildman–Crippen MR) is 73.0 cm³/mol. The van der Waals surface area contributed by atoms with Gasteiger partial charge in [0.1, 0.15) is 6.04 Å². The highest BCUT2D eigenvalue weighted by molar-refractivity contribution is 7.98. The molecule has 1 saturated heterocycles. The molecule has 108 valence electrons. The maximum Gasteiger partial charge on any atom is 0.326 e. The fourth-order valence-electron chi connectivity index (χ4n) is 1.96. The van der Waals surface area contributed by atoms with Gasteiger partial charge in [-0.25, -0.2) is 4.79 Å². The molecule has 2 atom stereocenters. The predicted octanol–water partition coefficient (Wildman–Crippen LogP) is 0.368. The van der Waals surface area contributed by atoms with Gasteiger partial charge < -0.3 is 15.7 Å². The third-order valence-electron chi connectivity index (χ3n) is 3.05. The molecule has 0 aromatic carbocycles. The summed E-state index contributed by atoms with van der Waals surface area (Å²) in [5.74, 6) is -0.560. The van der Waals surface area contributed by atoms with E-state index in [1.165, 1.54) is 0 Å². The van der Waals surface area contributed by atoms with Gasteiger partial charge in [0.15, 0.2) is 0 Å². The van der Waals surface area contributed by atoms with Crippen LogP contribution in [-0.2, 0) is 14.4 Å². The Morgan fingerprint density at radius 2 is 2.32 bits per heavy atom. The van der Waals surface area contributed by atoms with Crippen LogP contribution in [-0.4, -0.2) is 47.0 Å². The van der Waals surface area contributed by atoms with Gasteiger partial charge in [0.25, 0.3) is 0 Å². The monoisotopic (exact) mass is 288 g/mol. The minimum Gasteiger partial charge on any atom is -0.480 e. The average molecular weight is 288 g/mol. The lowest BCUT2D eigenvalue weighted by Gasteiger charge is -2.15. The van der Waals surface area contributed by atoms with E-state index in [4.69, 9.17) is 5.11 Å². The first kappa shape index (κ1) is 15.8. The van der Waals surface area contributed by atoms with Crippen molar-refractivity contribution in [3.05, 3.63) is 0 Å². The smallest absolute Gasteiger partial charge is 0.326 e. The summed E-state index contributed by atoms with van der Waals surface area (Å²) in [5, 5.41) is 14.3. The minimum atomic E-state index is -1.00. The normalized spacial score (nSPS) is 19.8. The second-order valence-electron chi connectivity index (χ2n) is 4.58. The summed E-state index contributed by atoms with van der Waals surface area (Å²) in [4.78, 5) is 33.6. The largest absolute Gasteiger partial charge is 0.480 e. The standard InChI is InChI=1S/C12H20N2O4S/c1-19-7-6-9(12(17)18)14-11(16)5-3-8-2-4-10(15)13-8/h8-9H,2-7H2,1H3,(H,13,15)(H,14,16)(H,17,18)/t8?,9-/m0/s1. The van der Waals surface area contributed by atoms with Crippen molar-refractivity contribution in [3.63, 3.8) is 0 Å². The van der Waals surface area contributed by atoms with Gasteiger partial charge in [-0.15, -0.1) is 0 Å². The van der Waals surface area contributed by atoms with Crippen molar-refractivity contribution in [2.75, 3.05) is 12.0 Å². The Labute approximate surface area is 116 Å². The minimum absolute atomic E-state index is 0.0220. The summed E-state index contributed by atoms with van der Waals surface area (Å²) in [6, 6.07) is -0.772. The first-order valence-electron chi connectivity index (χ1n) is 6.33. The second kappa shape index (κ2) is 8.04. The number of carbonyl (C=O) groups is 3. The van der Waals surface area contributed by atoms with Crippen molar-refractivity contribution in [2.45, 2.75) is 44.2 Å². The maximum absolute atomic E-state index is 11.7. The molecule has 7 heteroatoms. The van der Waals surface area contributed by atoms with Crippen LogP contribution < -0.4 is 10.6 Å². The van der Waals surface area contributed by atoms with E-state index in [9.17, 15) is 14.4 Å². The van der Waals surface area contributed by atoms with Crippen LogP contribution in [0.1, 0.15) is 32.1 Å². The molecule has 0 radical (unpaired) electrons. The van der Waals surface area contributed by atoms with Crippen LogP contribution in [0.25, 0.3) is 0 Å². The Morgan fingerprint density at radius 3 is 2.84 bits per heavy atom. The van der Waals surface area contributed by atoms with E-state index in [1.54, 1.807) is 11.8 Å².